The summed E-state index contributed by atoms with van der Waals surface area (Å²) in [5, 5.41) is 7.88. The van der Waals surface area contributed by atoms with Gasteiger partial charge in [-0.25, -0.2) is 0 Å². The summed E-state index contributed by atoms with van der Waals surface area (Å²) in [5.74, 6) is 1.26. The molecule has 0 unspecified atom stereocenters. The summed E-state index contributed by atoms with van der Waals surface area (Å²) in [4.78, 5) is 3.63. The number of aromatic amines is 1. The molecule has 0 aliphatic heterocycles. The van der Waals surface area contributed by atoms with Crippen molar-refractivity contribution in [2.45, 2.75) is 0 Å². The number of hydrogen-bond acceptors (Lipinski definition) is 3. The molecule has 0 amide bonds. The largest absolute Gasteiger partial charge is 0.461 e. The highest BCUT2D eigenvalue weighted by molar-refractivity contribution is 6.14. The van der Waals surface area contributed by atoms with Crippen molar-refractivity contribution in [3.05, 3.63) is 91.2 Å². The second-order valence-electron chi connectivity index (χ2n) is 7.00. The van der Waals surface area contributed by atoms with Gasteiger partial charge in [0.2, 0.25) is 5.76 Å². The molecule has 3 heterocycles. The number of hydrogen-bond donors (Lipinski definition) is 1. The first kappa shape index (κ1) is 16.0. The zero-order chi connectivity index (χ0) is 19.2. The monoisotopic (exact) mass is 376 g/mol. The van der Waals surface area contributed by atoms with Crippen molar-refractivity contribution in [3.63, 3.8) is 0 Å². The number of H-pyrrole nitrogens is 1. The molecular weight excluding hydrogens is 360 g/mol. The summed E-state index contributed by atoms with van der Waals surface area (Å²) in [7, 11) is 0. The SMILES string of the molecule is c1ccc(-c2c(-c3cc(-c4ccco4)on3)[nH]c3c2ccc2ccccc23)cc1. The van der Waals surface area contributed by atoms with Crippen LogP contribution >= 0.6 is 0 Å². The highest BCUT2D eigenvalue weighted by Crippen LogP contribution is 2.41. The molecule has 0 saturated heterocycles. The Morgan fingerprint density at radius 2 is 1.59 bits per heavy atom. The quantitative estimate of drug-likeness (QED) is 0.365. The van der Waals surface area contributed by atoms with Gasteiger partial charge < -0.3 is 13.9 Å². The van der Waals surface area contributed by atoms with Crippen LogP contribution in [0.1, 0.15) is 0 Å². The second-order valence-corrected chi connectivity index (χ2v) is 7.00. The molecular formula is C25H16N2O2. The number of rotatable bonds is 3. The maximum atomic E-state index is 5.57. The van der Waals surface area contributed by atoms with Crippen molar-refractivity contribution in [1.29, 1.82) is 0 Å². The summed E-state index contributed by atoms with van der Waals surface area (Å²) < 4.78 is 11.0. The highest BCUT2D eigenvalue weighted by Gasteiger charge is 2.20. The number of furan rings is 1. The molecule has 138 valence electrons. The third kappa shape index (κ3) is 2.50. The van der Waals surface area contributed by atoms with Crippen LogP contribution in [-0.4, -0.2) is 10.1 Å². The van der Waals surface area contributed by atoms with Crippen LogP contribution in [0.2, 0.25) is 0 Å². The number of nitrogens with one attached hydrogen (secondary N) is 1. The molecule has 29 heavy (non-hydrogen) atoms. The van der Waals surface area contributed by atoms with E-state index in [4.69, 9.17) is 8.94 Å². The van der Waals surface area contributed by atoms with Crippen molar-refractivity contribution < 1.29 is 8.94 Å². The molecule has 1 N–H and O–H groups in total. The lowest BCUT2D eigenvalue weighted by atomic mass is 9.98. The standard InChI is InChI=1S/C25H16N2O2/c1-2-8-17(9-3-1)23-19-13-12-16-7-4-5-10-18(16)24(19)26-25(23)20-15-22(29-27-20)21-11-6-14-28-21/h1-15,26H. The van der Waals surface area contributed by atoms with E-state index in [1.165, 1.54) is 10.8 Å². The Labute approximate surface area is 166 Å². The van der Waals surface area contributed by atoms with E-state index in [0.29, 0.717) is 11.5 Å². The summed E-state index contributed by atoms with van der Waals surface area (Å²) >= 11 is 0. The summed E-state index contributed by atoms with van der Waals surface area (Å²) in [6.07, 6.45) is 1.63. The summed E-state index contributed by atoms with van der Waals surface area (Å²) in [5.41, 5.74) is 5.02. The van der Waals surface area contributed by atoms with Gasteiger partial charge in [-0.3, -0.25) is 0 Å². The van der Waals surface area contributed by atoms with Crippen LogP contribution in [0.5, 0.6) is 0 Å². The fraction of sp³-hybridized carbons (Fsp3) is 0. The van der Waals surface area contributed by atoms with E-state index in [1.807, 2.05) is 24.3 Å². The van der Waals surface area contributed by atoms with Gasteiger partial charge in [0.05, 0.1) is 17.5 Å². The number of benzene rings is 3. The molecule has 4 heteroatoms. The minimum atomic E-state index is 0.604. The molecule has 0 aliphatic carbocycles. The van der Waals surface area contributed by atoms with Gasteiger partial charge in [-0.2, -0.15) is 0 Å². The first-order valence-corrected chi connectivity index (χ1v) is 9.48. The number of nitrogens with zero attached hydrogens (tertiary/aromatic N) is 1. The average molecular weight is 376 g/mol. The Kier molecular flexibility index (Phi) is 3.43. The van der Waals surface area contributed by atoms with Crippen molar-refractivity contribution in [1.82, 2.24) is 10.1 Å². The molecule has 4 nitrogen and oxygen atoms in total. The van der Waals surface area contributed by atoms with Crippen LogP contribution in [0.3, 0.4) is 0 Å². The van der Waals surface area contributed by atoms with Crippen LogP contribution in [0.4, 0.5) is 0 Å². The third-order valence-electron chi connectivity index (χ3n) is 5.29. The Hall–Kier alpha value is -4.05. The molecule has 0 saturated carbocycles. The van der Waals surface area contributed by atoms with Gasteiger partial charge in [0.15, 0.2) is 5.76 Å². The Balaban J connectivity index is 1.66. The van der Waals surface area contributed by atoms with Crippen LogP contribution in [0, 0.1) is 0 Å². The van der Waals surface area contributed by atoms with Crippen LogP contribution < -0.4 is 0 Å². The maximum Gasteiger partial charge on any atom is 0.202 e. The number of aromatic nitrogens is 2. The molecule has 0 spiro atoms. The zero-order valence-electron chi connectivity index (χ0n) is 15.4. The molecule has 6 aromatic rings. The van der Waals surface area contributed by atoms with Gasteiger partial charge in [-0.1, -0.05) is 71.9 Å². The number of fused-ring (bicyclic) bond motifs is 3. The van der Waals surface area contributed by atoms with Crippen molar-refractivity contribution in [2.24, 2.45) is 0 Å². The molecule has 6 rings (SSSR count). The first-order valence-electron chi connectivity index (χ1n) is 9.48. The van der Waals surface area contributed by atoms with E-state index in [9.17, 15) is 0 Å². The highest BCUT2D eigenvalue weighted by atomic mass is 16.5. The minimum absolute atomic E-state index is 0.604. The van der Waals surface area contributed by atoms with Crippen LogP contribution in [-0.2, 0) is 0 Å². The van der Waals surface area contributed by atoms with E-state index in [1.54, 1.807) is 6.26 Å². The van der Waals surface area contributed by atoms with Crippen LogP contribution in [0.15, 0.2) is 100 Å². The molecule has 0 bridgehead atoms. The van der Waals surface area contributed by atoms with Gasteiger partial charge in [0.1, 0.15) is 5.69 Å². The van der Waals surface area contributed by atoms with Crippen LogP contribution in [0.25, 0.3) is 55.7 Å². The first-order chi connectivity index (χ1) is 14.4. The maximum absolute atomic E-state index is 5.57. The van der Waals surface area contributed by atoms with Gasteiger partial charge in [-0.15, -0.1) is 0 Å². The fourth-order valence-electron chi connectivity index (χ4n) is 3.96. The summed E-state index contributed by atoms with van der Waals surface area (Å²) in [6, 6.07) is 28.7. The molecule has 3 aromatic heterocycles. The lowest BCUT2D eigenvalue weighted by Crippen LogP contribution is -1.82. The van der Waals surface area contributed by atoms with Gasteiger partial charge in [0.25, 0.3) is 0 Å². The van der Waals surface area contributed by atoms with E-state index in [0.717, 1.165) is 33.4 Å². The normalized spacial score (nSPS) is 11.4. The van der Waals surface area contributed by atoms with E-state index in [-0.39, 0.29) is 0 Å². The second kappa shape index (κ2) is 6.24. The lowest BCUT2D eigenvalue weighted by molar-refractivity contribution is 0.420. The topological polar surface area (TPSA) is 55.0 Å². The zero-order valence-corrected chi connectivity index (χ0v) is 15.4. The predicted molar refractivity (Wildman–Crippen MR) is 114 cm³/mol. The average Bonchev–Trinajstić information content (AvgIpc) is 3.53. The van der Waals surface area contributed by atoms with Gasteiger partial charge >= 0.3 is 0 Å². The smallest absolute Gasteiger partial charge is 0.202 e. The molecule has 3 aromatic carbocycles. The Bertz CT molecular complexity index is 1440. The molecule has 0 atom stereocenters. The van der Waals surface area contributed by atoms with Gasteiger partial charge in [0, 0.05) is 22.4 Å². The Morgan fingerprint density at radius 3 is 2.45 bits per heavy atom. The summed E-state index contributed by atoms with van der Waals surface area (Å²) in [6.45, 7) is 0. The fourth-order valence-corrected chi connectivity index (χ4v) is 3.96. The van der Waals surface area contributed by atoms with Gasteiger partial charge in [-0.05, 0) is 23.1 Å². The van der Waals surface area contributed by atoms with Crippen molar-refractivity contribution in [3.8, 4) is 34.0 Å². The third-order valence-corrected chi connectivity index (χ3v) is 5.29. The van der Waals surface area contributed by atoms with Crippen molar-refractivity contribution in [2.75, 3.05) is 0 Å². The molecule has 0 radical (unpaired) electrons. The lowest BCUT2D eigenvalue weighted by Gasteiger charge is -2.03. The minimum Gasteiger partial charge on any atom is -0.461 e. The Morgan fingerprint density at radius 1 is 0.724 bits per heavy atom. The van der Waals surface area contributed by atoms with Crippen molar-refractivity contribution >= 4 is 21.7 Å². The van der Waals surface area contributed by atoms with E-state index >= 15 is 0 Å². The predicted octanol–water partition coefficient (Wildman–Crippen LogP) is 6.90. The van der Waals surface area contributed by atoms with E-state index in [2.05, 4.69) is 70.8 Å². The molecule has 0 aliphatic rings. The van der Waals surface area contributed by atoms with E-state index < -0.39 is 0 Å². The molecule has 0 fully saturated rings.